The van der Waals surface area contributed by atoms with Gasteiger partial charge in [0, 0.05) is 5.92 Å². The first kappa shape index (κ1) is 12.8. The second kappa shape index (κ2) is 4.56. The van der Waals surface area contributed by atoms with Crippen LogP contribution in [0, 0.1) is 12.8 Å². The second-order valence-electron chi connectivity index (χ2n) is 6.23. The van der Waals surface area contributed by atoms with Gasteiger partial charge in [0.05, 0.1) is 6.04 Å². The van der Waals surface area contributed by atoms with Crippen LogP contribution in [-0.2, 0) is 0 Å². The molecule has 0 amide bonds. The predicted molar refractivity (Wildman–Crippen MR) is 79.9 cm³/mol. The Kier molecular flexibility index (Phi) is 2.79. The molecular formula is C16H20N4O. The van der Waals surface area contributed by atoms with Crippen LogP contribution in [0.1, 0.15) is 42.9 Å². The van der Waals surface area contributed by atoms with Crippen molar-refractivity contribution in [3.05, 3.63) is 41.7 Å². The number of anilines is 1. The molecule has 5 nitrogen and oxygen atoms in total. The van der Waals surface area contributed by atoms with Gasteiger partial charge in [0.25, 0.3) is 0 Å². The van der Waals surface area contributed by atoms with E-state index in [1.807, 2.05) is 4.68 Å². The van der Waals surface area contributed by atoms with Crippen LogP contribution in [0.2, 0.25) is 0 Å². The van der Waals surface area contributed by atoms with E-state index in [1.165, 1.54) is 11.1 Å². The number of aryl methyl sites for hydroxylation is 1. The Bertz CT molecular complexity index is 668. The standard InChI is InChI=1S/C16H20N4O/c1-11-6-2-3-7-12(11)14-13-8-4-5-9-16(13,21)19-15-17-10-18-20(14)15/h2-3,6-7,10,13-14,21H,4-5,8-9H2,1H3,(H,17,18,19). The fraction of sp³-hybridized carbons (Fsp3) is 0.500. The molecule has 0 saturated heterocycles. The number of benzene rings is 1. The zero-order valence-electron chi connectivity index (χ0n) is 12.2. The lowest BCUT2D eigenvalue weighted by molar-refractivity contribution is -0.0501. The molecule has 2 N–H and O–H groups in total. The first-order valence-electron chi connectivity index (χ1n) is 7.65. The van der Waals surface area contributed by atoms with Crippen LogP contribution < -0.4 is 5.32 Å². The summed E-state index contributed by atoms with van der Waals surface area (Å²) in [6.07, 6.45) is 5.54. The third kappa shape index (κ3) is 1.87. The average molecular weight is 284 g/mol. The molecule has 1 aliphatic heterocycles. The van der Waals surface area contributed by atoms with E-state index in [0.29, 0.717) is 5.95 Å². The Morgan fingerprint density at radius 3 is 3.05 bits per heavy atom. The number of nitrogens with one attached hydrogen (secondary N) is 1. The molecular weight excluding hydrogens is 264 g/mol. The number of hydrogen-bond donors (Lipinski definition) is 2. The molecule has 2 aromatic rings. The molecule has 110 valence electrons. The molecule has 2 aliphatic rings. The van der Waals surface area contributed by atoms with E-state index in [1.54, 1.807) is 6.33 Å². The van der Waals surface area contributed by atoms with Crippen LogP contribution in [0.25, 0.3) is 0 Å². The van der Waals surface area contributed by atoms with Crippen molar-refractivity contribution < 1.29 is 5.11 Å². The summed E-state index contributed by atoms with van der Waals surface area (Å²) >= 11 is 0. The SMILES string of the molecule is Cc1ccccc1C1C2CCCCC2(O)Nc2ncnn21. The number of nitrogens with zero attached hydrogens (tertiary/aromatic N) is 3. The number of hydrogen-bond acceptors (Lipinski definition) is 4. The van der Waals surface area contributed by atoms with Gasteiger partial charge in [-0.25, -0.2) is 4.68 Å². The minimum Gasteiger partial charge on any atom is -0.371 e. The largest absolute Gasteiger partial charge is 0.371 e. The summed E-state index contributed by atoms with van der Waals surface area (Å²) in [6.45, 7) is 2.12. The minimum atomic E-state index is -0.867. The number of rotatable bonds is 1. The lowest BCUT2D eigenvalue weighted by Gasteiger charge is -2.48. The highest BCUT2D eigenvalue weighted by Gasteiger charge is 2.49. The van der Waals surface area contributed by atoms with Gasteiger partial charge < -0.3 is 10.4 Å². The van der Waals surface area contributed by atoms with Gasteiger partial charge >= 0.3 is 0 Å². The van der Waals surface area contributed by atoms with E-state index in [2.05, 4.69) is 46.6 Å². The van der Waals surface area contributed by atoms with Crippen LogP contribution in [0.4, 0.5) is 5.95 Å². The zero-order chi connectivity index (χ0) is 14.4. The van der Waals surface area contributed by atoms with Crippen LogP contribution in [0.15, 0.2) is 30.6 Å². The summed E-state index contributed by atoms with van der Waals surface area (Å²) in [5.74, 6) is 0.797. The summed E-state index contributed by atoms with van der Waals surface area (Å²) in [4.78, 5) is 4.28. The Balaban J connectivity index is 1.89. The molecule has 0 bridgehead atoms. The van der Waals surface area contributed by atoms with Crippen LogP contribution in [0.3, 0.4) is 0 Å². The average Bonchev–Trinajstić information content (AvgIpc) is 2.92. The Labute approximate surface area is 124 Å². The maximum Gasteiger partial charge on any atom is 0.223 e. The van der Waals surface area contributed by atoms with Crippen molar-refractivity contribution in [2.45, 2.75) is 44.4 Å². The summed E-state index contributed by atoms with van der Waals surface area (Å²) in [7, 11) is 0. The van der Waals surface area contributed by atoms with Gasteiger partial charge in [-0.3, -0.25) is 0 Å². The third-order valence-corrected chi connectivity index (χ3v) is 4.99. The highest BCUT2D eigenvalue weighted by atomic mass is 16.3. The summed E-state index contributed by atoms with van der Waals surface area (Å²) in [5.41, 5.74) is 1.60. The summed E-state index contributed by atoms with van der Waals surface area (Å²) in [6, 6.07) is 8.43. The Morgan fingerprint density at radius 2 is 2.19 bits per heavy atom. The van der Waals surface area contributed by atoms with E-state index in [9.17, 15) is 5.11 Å². The monoisotopic (exact) mass is 284 g/mol. The van der Waals surface area contributed by atoms with Gasteiger partial charge in [0.2, 0.25) is 5.95 Å². The van der Waals surface area contributed by atoms with Gasteiger partial charge in [-0.15, -0.1) is 0 Å². The smallest absolute Gasteiger partial charge is 0.223 e. The predicted octanol–water partition coefficient (Wildman–Crippen LogP) is 2.48. The zero-order valence-corrected chi connectivity index (χ0v) is 12.2. The topological polar surface area (TPSA) is 63.0 Å². The minimum absolute atomic E-state index is 0.0512. The Hall–Kier alpha value is -1.88. The molecule has 3 unspecified atom stereocenters. The molecule has 0 spiro atoms. The van der Waals surface area contributed by atoms with Crippen LogP contribution >= 0.6 is 0 Å². The Morgan fingerprint density at radius 1 is 1.33 bits per heavy atom. The molecule has 1 fully saturated rings. The lowest BCUT2D eigenvalue weighted by Crippen LogP contribution is -2.55. The van der Waals surface area contributed by atoms with Gasteiger partial charge in [-0.1, -0.05) is 30.7 Å². The molecule has 1 aliphatic carbocycles. The van der Waals surface area contributed by atoms with E-state index in [0.717, 1.165) is 25.7 Å². The molecule has 21 heavy (non-hydrogen) atoms. The number of fused-ring (bicyclic) bond motifs is 2. The molecule has 1 aromatic carbocycles. The number of aromatic nitrogens is 3. The van der Waals surface area contributed by atoms with Crippen molar-refractivity contribution in [2.75, 3.05) is 5.32 Å². The van der Waals surface area contributed by atoms with Gasteiger partial charge in [0.1, 0.15) is 12.1 Å². The highest BCUT2D eigenvalue weighted by molar-refractivity contribution is 5.39. The van der Waals surface area contributed by atoms with Crippen molar-refractivity contribution in [1.29, 1.82) is 0 Å². The van der Waals surface area contributed by atoms with Crippen LogP contribution in [0.5, 0.6) is 0 Å². The highest BCUT2D eigenvalue weighted by Crippen LogP contribution is 2.47. The molecule has 2 heterocycles. The molecule has 1 saturated carbocycles. The number of aliphatic hydroxyl groups is 1. The molecule has 3 atom stereocenters. The molecule has 0 radical (unpaired) electrons. The summed E-state index contributed by atoms with van der Waals surface area (Å²) < 4.78 is 1.94. The van der Waals surface area contributed by atoms with Crippen molar-refractivity contribution in [3.8, 4) is 0 Å². The van der Waals surface area contributed by atoms with E-state index in [4.69, 9.17) is 0 Å². The summed E-state index contributed by atoms with van der Waals surface area (Å²) in [5, 5.41) is 18.7. The first-order chi connectivity index (χ1) is 10.2. The molecule has 4 rings (SSSR count). The normalized spacial score (nSPS) is 31.1. The first-order valence-corrected chi connectivity index (χ1v) is 7.65. The van der Waals surface area contributed by atoms with E-state index < -0.39 is 5.72 Å². The maximum atomic E-state index is 11.1. The van der Waals surface area contributed by atoms with Crippen molar-refractivity contribution in [2.24, 2.45) is 5.92 Å². The lowest BCUT2D eigenvalue weighted by atomic mass is 9.73. The molecule has 5 heteroatoms. The molecule has 1 aromatic heterocycles. The van der Waals surface area contributed by atoms with Crippen molar-refractivity contribution in [3.63, 3.8) is 0 Å². The van der Waals surface area contributed by atoms with Crippen molar-refractivity contribution >= 4 is 5.95 Å². The third-order valence-electron chi connectivity index (χ3n) is 4.99. The fourth-order valence-corrected chi connectivity index (χ4v) is 3.93. The van der Waals surface area contributed by atoms with Crippen molar-refractivity contribution in [1.82, 2.24) is 14.8 Å². The van der Waals surface area contributed by atoms with Gasteiger partial charge in [-0.2, -0.15) is 10.1 Å². The van der Waals surface area contributed by atoms with E-state index in [-0.39, 0.29) is 12.0 Å². The fourth-order valence-electron chi connectivity index (χ4n) is 3.93. The quantitative estimate of drug-likeness (QED) is 0.844. The second-order valence-corrected chi connectivity index (χ2v) is 6.23. The van der Waals surface area contributed by atoms with Gasteiger partial charge in [-0.05, 0) is 37.3 Å². The maximum absolute atomic E-state index is 11.1. The van der Waals surface area contributed by atoms with E-state index >= 15 is 0 Å². The van der Waals surface area contributed by atoms with Crippen LogP contribution in [-0.4, -0.2) is 25.6 Å². The van der Waals surface area contributed by atoms with Gasteiger partial charge in [0.15, 0.2) is 0 Å².